The van der Waals surface area contributed by atoms with Crippen LogP contribution in [0.2, 0.25) is 10.0 Å². The fourth-order valence-corrected chi connectivity index (χ4v) is 4.35. The van der Waals surface area contributed by atoms with Gasteiger partial charge in [0.25, 0.3) is 5.91 Å². The molecule has 0 radical (unpaired) electrons. The van der Waals surface area contributed by atoms with Crippen molar-refractivity contribution in [2.45, 2.75) is 31.7 Å². The first-order valence-electron chi connectivity index (χ1n) is 10.4. The van der Waals surface area contributed by atoms with E-state index in [0.717, 1.165) is 12.8 Å². The van der Waals surface area contributed by atoms with Crippen molar-refractivity contribution in [3.05, 3.63) is 52.1 Å². The second kappa shape index (κ2) is 9.75. The predicted molar refractivity (Wildman–Crippen MR) is 121 cm³/mol. The number of halogens is 2. The molecule has 2 aliphatic rings. The summed E-state index contributed by atoms with van der Waals surface area (Å²) in [7, 11) is 0. The number of nitrogens with one attached hydrogen (secondary N) is 2. The average Bonchev–Trinajstić information content (AvgIpc) is 3.22. The molecule has 1 aromatic heterocycles. The van der Waals surface area contributed by atoms with Crippen molar-refractivity contribution in [1.29, 1.82) is 0 Å². The van der Waals surface area contributed by atoms with Gasteiger partial charge in [0.15, 0.2) is 0 Å². The molecule has 0 atom stereocenters. The number of carbonyl (C=O) groups is 3. The average molecular weight is 477 g/mol. The summed E-state index contributed by atoms with van der Waals surface area (Å²) in [5, 5.41) is 6.37. The van der Waals surface area contributed by atoms with E-state index < -0.39 is 5.91 Å². The van der Waals surface area contributed by atoms with Gasteiger partial charge in [-0.1, -0.05) is 23.2 Å². The van der Waals surface area contributed by atoms with E-state index in [1.807, 2.05) is 0 Å². The van der Waals surface area contributed by atoms with Gasteiger partial charge in [0.2, 0.25) is 5.91 Å². The SMILES string of the molecule is O=C(Nc1ccc(Cl)cn1)c1cc(Cl)ccc1NC(=O)[C@H]1CC[C@H](N2CCOC2=O)CC1. The van der Waals surface area contributed by atoms with Crippen molar-refractivity contribution in [3.63, 3.8) is 0 Å². The summed E-state index contributed by atoms with van der Waals surface area (Å²) >= 11 is 11.9. The van der Waals surface area contributed by atoms with Crippen molar-refractivity contribution < 1.29 is 19.1 Å². The Hall–Kier alpha value is -2.84. The topological polar surface area (TPSA) is 101 Å². The van der Waals surface area contributed by atoms with Gasteiger partial charge in [-0.15, -0.1) is 0 Å². The van der Waals surface area contributed by atoms with E-state index in [0.29, 0.717) is 47.5 Å². The highest BCUT2D eigenvalue weighted by Crippen LogP contribution is 2.31. The normalized spacial score (nSPS) is 20.6. The van der Waals surface area contributed by atoms with Crippen LogP contribution in [0.1, 0.15) is 36.0 Å². The molecular weight excluding hydrogens is 455 g/mol. The van der Waals surface area contributed by atoms with Gasteiger partial charge in [0, 0.05) is 23.2 Å². The largest absolute Gasteiger partial charge is 0.448 e. The highest BCUT2D eigenvalue weighted by molar-refractivity contribution is 6.31. The summed E-state index contributed by atoms with van der Waals surface area (Å²) in [6.07, 6.45) is 3.95. The first-order chi connectivity index (χ1) is 15.4. The number of aromatic nitrogens is 1. The lowest BCUT2D eigenvalue weighted by Gasteiger charge is -2.32. The highest BCUT2D eigenvalue weighted by Gasteiger charge is 2.34. The molecule has 32 heavy (non-hydrogen) atoms. The van der Waals surface area contributed by atoms with E-state index in [1.54, 1.807) is 29.2 Å². The zero-order valence-electron chi connectivity index (χ0n) is 17.1. The molecule has 8 nitrogen and oxygen atoms in total. The summed E-state index contributed by atoms with van der Waals surface area (Å²) in [5.41, 5.74) is 0.604. The van der Waals surface area contributed by atoms with Crippen molar-refractivity contribution in [3.8, 4) is 0 Å². The van der Waals surface area contributed by atoms with Crippen LogP contribution in [0, 0.1) is 5.92 Å². The van der Waals surface area contributed by atoms with E-state index in [-0.39, 0.29) is 29.5 Å². The number of cyclic esters (lactones) is 1. The quantitative estimate of drug-likeness (QED) is 0.656. The van der Waals surface area contributed by atoms with Gasteiger partial charge in [0.1, 0.15) is 12.4 Å². The van der Waals surface area contributed by atoms with Gasteiger partial charge >= 0.3 is 6.09 Å². The summed E-state index contributed by atoms with van der Waals surface area (Å²) in [4.78, 5) is 43.3. The molecule has 3 amide bonds. The van der Waals surface area contributed by atoms with E-state index in [4.69, 9.17) is 27.9 Å². The first-order valence-corrected chi connectivity index (χ1v) is 11.1. The smallest absolute Gasteiger partial charge is 0.410 e. The monoisotopic (exact) mass is 476 g/mol. The van der Waals surface area contributed by atoms with Gasteiger partial charge in [-0.05, 0) is 56.0 Å². The number of rotatable bonds is 5. The van der Waals surface area contributed by atoms with E-state index in [2.05, 4.69) is 15.6 Å². The third kappa shape index (κ3) is 5.14. The highest BCUT2D eigenvalue weighted by atomic mass is 35.5. The lowest BCUT2D eigenvalue weighted by Crippen LogP contribution is -2.40. The number of benzene rings is 1. The molecule has 0 spiro atoms. The zero-order valence-corrected chi connectivity index (χ0v) is 18.7. The molecule has 168 valence electrons. The molecule has 2 fully saturated rings. The molecule has 2 heterocycles. The van der Waals surface area contributed by atoms with Crippen LogP contribution in [0.4, 0.5) is 16.3 Å². The van der Waals surface area contributed by atoms with Crippen molar-refractivity contribution in [1.82, 2.24) is 9.88 Å². The van der Waals surface area contributed by atoms with Crippen LogP contribution in [0.15, 0.2) is 36.5 Å². The van der Waals surface area contributed by atoms with Crippen LogP contribution in [0.5, 0.6) is 0 Å². The Labute approximate surface area is 195 Å². The summed E-state index contributed by atoms with van der Waals surface area (Å²) in [5.74, 6) is -0.480. The molecule has 4 rings (SSSR count). The maximum atomic E-state index is 12.9. The molecule has 1 saturated heterocycles. The second-order valence-electron chi connectivity index (χ2n) is 7.81. The number of ether oxygens (including phenoxy) is 1. The lowest BCUT2D eigenvalue weighted by molar-refractivity contribution is -0.121. The molecule has 10 heteroatoms. The summed E-state index contributed by atoms with van der Waals surface area (Å²) in [6.45, 7) is 1.03. The summed E-state index contributed by atoms with van der Waals surface area (Å²) < 4.78 is 5.01. The zero-order chi connectivity index (χ0) is 22.7. The minimum Gasteiger partial charge on any atom is -0.448 e. The standard InChI is InChI=1S/C22H22Cl2N4O4/c23-14-3-7-18(17(11-14)21(30)27-19-8-4-15(24)12-25-19)26-20(29)13-1-5-16(6-2-13)28-9-10-32-22(28)31/h3-4,7-8,11-13,16H,1-2,5-6,9-10H2,(H,26,29)(H,25,27,30)/t13-,16-. The molecule has 2 aromatic rings. The van der Waals surface area contributed by atoms with Crippen LogP contribution in [0.3, 0.4) is 0 Å². The molecule has 2 N–H and O–H groups in total. The number of hydrogen-bond donors (Lipinski definition) is 2. The van der Waals surface area contributed by atoms with Crippen LogP contribution in [-0.2, 0) is 9.53 Å². The lowest BCUT2D eigenvalue weighted by atomic mass is 9.84. The summed E-state index contributed by atoms with van der Waals surface area (Å²) in [6, 6.07) is 8.03. The predicted octanol–water partition coefficient (Wildman–Crippen LogP) is 4.59. The maximum absolute atomic E-state index is 12.9. The fraction of sp³-hybridized carbons (Fsp3) is 0.364. The molecule has 1 aromatic carbocycles. The molecule has 0 bridgehead atoms. The van der Waals surface area contributed by atoms with E-state index >= 15 is 0 Å². The Morgan fingerprint density at radius 2 is 1.78 bits per heavy atom. The van der Waals surface area contributed by atoms with Gasteiger partial charge in [-0.3, -0.25) is 9.59 Å². The van der Waals surface area contributed by atoms with Crippen molar-refractivity contribution >= 4 is 52.6 Å². The van der Waals surface area contributed by atoms with Gasteiger partial charge in [-0.2, -0.15) is 0 Å². The molecule has 1 aliphatic carbocycles. The van der Waals surface area contributed by atoms with Crippen LogP contribution in [0.25, 0.3) is 0 Å². The minimum atomic E-state index is -0.450. The minimum absolute atomic E-state index is 0.109. The Kier molecular flexibility index (Phi) is 6.81. The Bertz CT molecular complexity index is 1020. The van der Waals surface area contributed by atoms with Gasteiger partial charge in [0.05, 0.1) is 22.8 Å². The number of pyridine rings is 1. The van der Waals surface area contributed by atoms with Gasteiger partial charge in [-0.25, -0.2) is 9.78 Å². The van der Waals surface area contributed by atoms with Crippen LogP contribution in [-0.4, -0.2) is 47.0 Å². The Morgan fingerprint density at radius 1 is 1.03 bits per heavy atom. The Balaban J connectivity index is 1.40. The number of anilines is 2. The number of hydrogen-bond acceptors (Lipinski definition) is 5. The fourth-order valence-electron chi connectivity index (χ4n) is 4.07. The first kappa shape index (κ1) is 22.4. The number of amides is 3. The molecule has 0 unspecified atom stereocenters. The molecule has 1 saturated carbocycles. The molecular formula is C22H22Cl2N4O4. The molecule has 1 aliphatic heterocycles. The Morgan fingerprint density at radius 3 is 2.44 bits per heavy atom. The van der Waals surface area contributed by atoms with Crippen LogP contribution < -0.4 is 10.6 Å². The van der Waals surface area contributed by atoms with Crippen molar-refractivity contribution in [2.75, 3.05) is 23.8 Å². The van der Waals surface area contributed by atoms with E-state index in [1.165, 1.54) is 12.3 Å². The third-order valence-electron chi connectivity index (χ3n) is 5.75. The van der Waals surface area contributed by atoms with E-state index in [9.17, 15) is 14.4 Å². The second-order valence-corrected chi connectivity index (χ2v) is 8.68. The maximum Gasteiger partial charge on any atom is 0.410 e. The number of carbonyl (C=O) groups excluding carboxylic acids is 3. The third-order valence-corrected chi connectivity index (χ3v) is 6.21. The number of nitrogens with zero attached hydrogens (tertiary/aromatic N) is 2. The van der Waals surface area contributed by atoms with Crippen molar-refractivity contribution in [2.24, 2.45) is 5.92 Å². The van der Waals surface area contributed by atoms with Crippen LogP contribution >= 0.6 is 23.2 Å². The van der Waals surface area contributed by atoms with Gasteiger partial charge < -0.3 is 20.3 Å².